The minimum Gasteiger partial charge on any atom is -0.390 e. The van der Waals surface area contributed by atoms with Crippen LogP contribution in [0.15, 0.2) is 30.3 Å². The molecule has 1 fully saturated rings. The fourth-order valence-electron chi connectivity index (χ4n) is 2.61. The quantitative estimate of drug-likeness (QED) is 0.820. The van der Waals surface area contributed by atoms with E-state index >= 15 is 0 Å². The number of ether oxygens (including phenoxy) is 1. The average molecular weight is 234 g/mol. The van der Waals surface area contributed by atoms with Gasteiger partial charge >= 0.3 is 0 Å². The maximum absolute atomic E-state index is 10.2. The van der Waals surface area contributed by atoms with E-state index in [-0.39, 0.29) is 11.7 Å². The van der Waals surface area contributed by atoms with Crippen LogP contribution in [0.5, 0.6) is 0 Å². The van der Waals surface area contributed by atoms with Crippen molar-refractivity contribution in [1.82, 2.24) is 0 Å². The lowest BCUT2D eigenvalue weighted by Crippen LogP contribution is -2.49. The van der Waals surface area contributed by atoms with Crippen molar-refractivity contribution in [3.8, 4) is 0 Å². The van der Waals surface area contributed by atoms with Crippen LogP contribution in [0.3, 0.4) is 0 Å². The molecule has 0 spiro atoms. The highest BCUT2D eigenvalue weighted by atomic mass is 16.5. The van der Waals surface area contributed by atoms with Crippen LogP contribution in [0, 0.1) is 0 Å². The third-order valence-electron chi connectivity index (χ3n) is 4.00. The predicted molar refractivity (Wildman–Crippen MR) is 69.0 cm³/mol. The molecule has 17 heavy (non-hydrogen) atoms. The van der Waals surface area contributed by atoms with Crippen molar-refractivity contribution < 1.29 is 9.84 Å². The first-order chi connectivity index (χ1) is 8.27. The van der Waals surface area contributed by atoms with Crippen LogP contribution < -0.4 is 0 Å². The molecule has 1 aromatic carbocycles. The lowest BCUT2D eigenvalue weighted by atomic mass is 9.74. The molecular formula is C15H22O2. The molecule has 2 heteroatoms. The molecule has 1 N–H and O–H groups in total. The van der Waals surface area contributed by atoms with Crippen LogP contribution in [-0.4, -0.2) is 23.9 Å². The van der Waals surface area contributed by atoms with Gasteiger partial charge in [-0.05, 0) is 44.1 Å². The van der Waals surface area contributed by atoms with Crippen LogP contribution in [0.1, 0.15) is 37.7 Å². The van der Waals surface area contributed by atoms with Crippen LogP contribution in [0.2, 0.25) is 0 Å². The number of aliphatic hydroxyl groups excluding tert-OH is 1. The van der Waals surface area contributed by atoms with E-state index in [1.165, 1.54) is 12.0 Å². The van der Waals surface area contributed by atoms with Crippen LogP contribution in [-0.2, 0) is 11.2 Å². The molecule has 1 atom stereocenters. The molecule has 2 nitrogen and oxygen atoms in total. The van der Waals surface area contributed by atoms with Gasteiger partial charge in [0.1, 0.15) is 0 Å². The van der Waals surface area contributed by atoms with Gasteiger partial charge in [-0.3, -0.25) is 0 Å². The predicted octanol–water partition coefficient (Wildman–Crippen LogP) is 2.94. The summed E-state index contributed by atoms with van der Waals surface area (Å²) in [6.07, 6.45) is 5.80. The van der Waals surface area contributed by atoms with E-state index in [9.17, 15) is 5.11 Å². The Morgan fingerprint density at radius 1 is 1.29 bits per heavy atom. The van der Waals surface area contributed by atoms with E-state index in [1.54, 1.807) is 7.11 Å². The molecule has 0 radical (unpaired) electrons. The molecule has 1 aromatic rings. The third kappa shape index (κ3) is 2.88. The summed E-state index contributed by atoms with van der Waals surface area (Å²) >= 11 is 0. The Balaban J connectivity index is 1.75. The van der Waals surface area contributed by atoms with Gasteiger partial charge in [-0.1, -0.05) is 30.3 Å². The van der Waals surface area contributed by atoms with Gasteiger partial charge in [0.15, 0.2) is 0 Å². The SMILES string of the molecule is COC1(C(O)CCCc2ccccc2)CCC1. The van der Waals surface area contributed by atoms with Crippen molar-refractivity contribution in [2.24, 2.45) is 0 Å². The molecule has 2 rings (SSSR count). The fraction of sp³-hybridized carbons (Fsp3) is 0.600. The number of hydrogen-bond donors (Lipinski definition) is 1. The number of hydrogen-bond acceptors (Lipinski definition) is 2. The summed E-state index contributed by atoms with van der Waals surface area (Å²) in [4.78, 5) is 0. The van der Waals surface area contributed by atoms with Gasteiger partial charge in [-0.2, -0.15) is 0 Å². The van der Waals surface area contributed by atoms with Gasteiger partial charge in [-0.15, -0.1) is 0 Å². The maximum Gasteiger partial charge on any atom is 0.0936 e. The zero-order chi connectivity index (χ0) is 12.1. The summed E-state index contributed by atoms with van der Waals surface area (Å²) in [5.74, 6) is 0. The second-order valence-electron chi connectivity index (χ2n) is 5.02. The smallest absolute Gasteiger partial charge is 0.0936 e. The highest BCUT2D eigenvalue weighted by Gasteiger charge is 2.43. The summed E-state index contributed by atoms with van der Waals surface area (Å²) in [7, 11) is 1.72. The molecule has 0 aliphatic heterocycles. The summed E-state index contributed by atoms with van der Waals surface area (Å²) in [6, 6.07) is 10.4. The van der Waals surface area contributed by atoms with Gasteiger partial charge in [0.05, 0.1) is 11.7 Å². The molecule has 94 valence electrons. The van der Waals surface area contributed by atoms with Crippen molar-refractivity contribution in [2.75, 3.05) is 7.11 Å². The molecule has 0 aromatic heterocycles. The zero-order valence-electron chi connectivity index (χ0n) is 10.6. The summed E-state index contributed by atoms with van der Waals surface area (Å²) < 4.78 is 5.49. The molecule has 1 aliphatic carbocycles. The Hall–Kier alpha value is -0.860. The average Bonchev–Trinajstić information content (AvgIpc) is 2.30. The molecule has 1 aliphatic rings. The first kappa shape index (κ1) is 12.6. The van der Waals surface area contributed by atoms with Crippen molar-refractivity contribution in [1.29, 1.82) is 0 Å². The monoisotopic (exact) mass is 234 g/mol. The zero-order valence-corrected chi connectivity index (χ0v) is 10.6. The Bertz CT molecular complexity index is 325. The Labute approximate surface area is 104 Å². The highest BCUT2D eigenvalue weighted by Crippen LogP contribution is 2.39. The van der Waals surface area contributed by atoms with E-state index in [0.717, 1.165) is 32.1 Å². The second kappa shape index (κ2) is 5.65. The summed E-state index contributed by atoms with van der Waals surface area (Å²) in [5, 5.41) is 10.2. The van der Waals surface area contributed by atoms with E-state index < -0.39 is 0 Å². The molecule has 0 saturated heterocycles. The number of aryl methyl sites for hydroxylation is 1. The second-order valence-corrected chi connectivity index (χ2v) is 5.02. The first-order valence-electron chi connectivity index (χ1n) is 6.54. The number of aliphatic hydroxyl groups is 1. The molecule has 0 amide bonds. The Kier molecular flexibility index (Phi) is 4.19. The minimum atomic E-state index is -0.301. The molecule has 0 heterocycles. The molecule has 1 saturated carbocycles. The van der Waals surface area contributed by atoms with Gasteiger partial charge in [-0.25, -0.2) is 0 Å². The summed E-state index contributed by atoms with van der Waals surface area (Å²) in [5.41, 5.74) is 1.12. The Morgan fingerprint density at radius 3 is 2.53 bits per heavy atom. The maximum atomic E-state index is 10.2. The van der Waals surface area contributed by atoms with Crippen LogP contribution in [0.4, 0.5) is 0 Å². The fourth-order valence-corrected chi connectivity index (χ4v) is 2.61. The standard InChI is InChI=1S/C15H22O2/c1-17-15(11-6-12-15)14(16)10-5-9-13-7-3-2-4-8-13/h2-4,7-8,14,16H,5-6,9-12H2,1H3. The van der Waals surface area contributed by atoms with Crippen molar-refractivity contribution in [2.45, 2.75) is 50.2 Å². The minimum absolute atomic E-state index is 0.226. The normalized spacial score (nSPS) is 19.6. The highest BCUT2D eigenvalue weighted by molar-refractivity contribution is 5.14. The molecular weight excluding hydrogens is 212 g/mol. The van der Waals surface area contributed by atoms with E-state index in [4.69, 9.17) is 4.74 Å². The van der Waals surface area contributed by atoms with Gasteiger partial charge in [0.25, 0.3) is 0 Å². The van der Waals surface area contributed by atoms with Crippen molar-refractivity contribution >= 4 is 0 Å². The molecule has 0 bridgehead atoms. The van der Waals surface area contributed by atoms with Gasteiger partial charge in [0, 0.05) is 7.11 Å². The lowest BCUT2D eigenvalue weighted by molar-refractivity contribution is -0.151. The van der Waals surface area contributed by atoms with Crippen molar-refractivity contribution in [3.05, 3.63) is 35.9 Å². The van der Waals surface area contributed by atoms with Crippen molar-refractivity contribution in [3.63, 3.8) is 0 Å². The van der Waals surface area contributed by atoms with Gasteiger partial charge < -0.3 is 9.84 Å². The van der Waals surface area contributed by atoms with Crippen LogP contribution in [0.25, 0.3) is 0 Å². The number of benzene rings is 1. The number of methoxy groups -OCH3 is 1. The van der Waals surface area contributed by atoms with E-state index in [2.05, 4.69) is 24.3 Å². The number of rotatable bonds is 6. The summed E-state index contributed by atoms with van der Waals surface area (Å²) in [6.45, 7) is 0. The van der Waals surface area contributed by atoms with E-state index in [1.807, 2.05) is 6.07 Å². The topological polar surface area (TPSA) is 29.5 Å². The first-order valence-corrected chi connectivity index (χ1v) is 6.54. The molecule has 1 unspecified atom stereocenters. The van der Waals surface area contributed by atoms with E-state index in [0.29, 0.717) is 0 Å². The van der Waals surface area contributed by atoms with Crippen LogP contribution >= 0.6 is 0 Å². The van der Waals surface area contributed by atoms with Gasteiger partial charge in [0.2, 0.25) is 0 Å². The third-order valence-corrected chi connectivity index (χ3v) is 4.00. The Morgan fingerprint density at radius 2 is 2.00 bits per heavy atom. The largest absolute Gasteiger partial charge is 0.390 e. The lowest BCUT2D eigenvalue weighted by Gasteiger charge is -2.44.